The first-order valence-electron chi connectivity index (χ1n) is 8.24. The van der Waals surface area contributed by atoms with Crippen LogP contribution in [-0.4, -0.2) is 10.5 Å². The monoisotopic (exact) mass is 431 g/mol. The van der Waals surface area contributed by atoms with Crippen LogP contribution < -0.4 is 10.1 Å². The number of aryl methyl sites for hydroxylation is 1. The molecule has 3 rings (SSSR count). The number of thiazole rings is 1. The van der Waals surface area contributed by atoms with Crippen molar-refractivity contribution in [2.45, 2.75) is 27.3 Å². The number of rotatable bonds is 4. The van der Waals surface area contributed by atoms with Crippen LogP contribution in [0, 0.1) is 6.92 Å². The molecule has 0 aliphatic heterocycles. The summed E-state index contributed by atoms with van der Waals surface area (Å²) in [5.74, 6) is -0.0745. The van der Waals surface area contributed by atoms with E-state index in [1.165, 1.54) is 23.7 Å². The van der Waals surface area contributed by atoms with E-state index in [4.69, 9.17) is 4.99 Å². The number of nitrogens with zero attached hydrogens (tertiary/aromatic N) is 2. The minimum Gasteiger partial charge on any atom is -0.326 e. The molecule has 1 amide bonds. The Hall–Kier alpha value is -2.18. The molecule has 0 aliphatic rings. The van der Waals surface area contributed by atoms with E-state index in [0.29, 0.717) is 0 Å². The van der Waals surface area contributed by atoms with Gasteiger partial charge in [-0.2, -0.15) is 0 Å². The third-order valence-electron chi connectivity index (χ3n) is 3.87. The van der Waals surface area contributed by atoms with Crippen molar-refractivity contribution in [2.75, 3.05) is 5.32 Å². The molecular weight excluding hydrogens is 410 g/mol. The Kier molecular flexibility index (Phi) is 6.94. The number of benzene rings is 2. The Bertz CT molecular complexity index is 940. The molecule has 0 atom stereocenters. The fourth-order valence-corrected chi connectivity index (χ4v) is 3.61. The number of hydrogen-bond acceptors (Lipinski definition) is 3. The second kappa shape index (κ2) is 8.96. The van der Waals surface area contributed by atoms with Crippen molar-refractivity contribution in [2.24, 2.45) is 4.99 Å². The molecule has 0 saturated heterocycles. The van der Waals surface area contributed by atoms with Gasteiger partial charge in [-0.15, -0.1) is 28.3 Å². The maximum absolute atomic E-state index is 11.1. The van der Waals surface area contributed by atoms with E-state index < -0.39 is 0 Å². The summed E-state index contributed by atoms with van der Waals surface area (Å²) in [5.41, 5.74) is 5.29. The molecule has 0 bridgehead atoms. The first-order valence-corrected chi connectivity index (χ1v) is 9.12. The number of halogens is 1. The Morgan fingerprint density at radius 3 is 2.35 bits per heavy atom. The normalized spacial score (nSPS) is 11.1. The molecule has 1 aromatic heterocycles. The van der Waals surface area contributed by atoms with E-state index in [0.717, 1.165) is 22.7 Å². The third kappa shape index (κ3) is 4.71. The SMILES string of the molecule is Br.CCn1c(-c2ccc(C)cc2)csc1=Nc1ccc(NC(C)=O)cc1. The summed E-state index contributed by atoms with van der Waals surface area (Å²) in [7, 11) is 0. The van der Waals surface area contributed by atoms with E-state index in [2.05, 4.69) is 53.4 Å². The molecule has 3 aromatic rings. The fraction of sp³-hybridized carbons (Fsp3) is 0.200. The van der Waals surface area contributed by atoms with Crippen LogP contribution in [0.3, 0.4) is 0 Å². The van der Waals surface area contributed by atoms with Crippen LogP contribution in [-0.2, 0) is 11.3 Å². The molecule has 4 nitrogen and oxygen atoms in total. The maximum atomic E-state index is 11.1. The molecular formula is C20H22BrN3OS. The summed E-state index contributed by atoms with van der Waals surface area (Å²) in [6, 6.07) is 16.1. The van der Waals surface area contributed by atoms with Gasteiger partial charge in [-0.25, -0.2) is 4.99 Å². The van der Waals surface area contributed by atoms with Crippen LogP contribution in [0.4, 0.5) is 11.4 Å². The molecule has 0 saturated carbocycles. The van der Waals surface area contributed by atoms with Crippen LogP contribution >= 0.6 is 28.3 Å². The smallest absolute Gasteiger partial charge is 0.221 e. The lowest BCUT2D eigenvalue weighted by Crippen LogP contribution is -2.14. The fourth-order valence-electron chi connectivity index (χ4n) is 2.61. The van der Waals surface area contributed by atoms with Gasteiger partial charge in [0.05, 0.1) is 11.4 Å². The lowest BCUT2D eigenvalue weighted by atomic mass is 10.1. The Morgan fingerprint density at radius 1 is 1.12 bits per heavy atom. The van der Waals surface area contributed by atoms with Gasteiger partial charge in [-0.1, -0.05) is 29.8 Å². The first kappa shape index (κ1) is 20.1. The minimum absolute atomic E-state index is 0. The van der Waals surface area contributed by atoms with Crippen LogP contribution in [0.15, 0.2) is 58.9 Å². The zero-order valence-corrected chi connectivity index (χ0v) is 17.6. The van der Waals surface area contributed by atoms with E-state index in [-0.39, 0.29) is 22.9 Å². The highest BCUT2D eigenvalue weighted by molar-refractivity contribution is 8.93. The number of hydrogen-bond donors (Lipinski definition) is 1. The Labute approximate surface area is 168 Å². The van der Waals surface area contributed by atoms with Crippen LogP contribution in [0.1, 0.15) is 19.4 Å². The number of anilines is 1. The van der Waals surface area contributed by atoms with Crippen molar-refractivity contribution in [1.29, 1.82) is 0 Å². The number of aromatic nitrogens is 1. The summed E-state index contributed by atoms with van der Waals surface area (Å²) in [6.07, 6.45) is 0. The van der Waals surface area contributed by atoms with Crippen molar-refractivity contribution in [3.05, 3.63) is 64.3 Å². The molecule has 136 valence electrons. The van der Waals surface area contributed by atoms with E-state index >= 15 is 0 Å². The molecule has 2 aromatic carbocycles. The van der Waals surface area contributed by atoms with Crippen LogP contribution in [0.25, 0.3) is 11.3 Å². The summed E-state index contributed by atoms with van der Waals surface area (Å²) in [4.78, 5) is 16.8. The van der Waals surface area contributed by atoms with Gasteiger partial charge in [0, 0.05) is 24.5 Å². The molecule has 6 heteroatoms. The van der Waals surface area contributed by atoms with Crippen molar-refractivity contribution in [3.8, 4) is 11.3 Å². The second-order valence-electron chi connectivity index (χ2n) is 5.85. The van der Waals surface area contributed by atoms with Crippen molar-refractivity contribution >= 4 is 45.6 Å². The Balaban J connectivity index is 0.00000243. The average molecular weight is 432 g/mol. The highest BCUT2D eigenvalue weighted by atomic mass is 79.9. The standard InChI is InChI=1S/C20H21N3OS.BrH/c1-4-23-19(16-7-5-14(2)6-8-16)13-25-20(23)22-18-11-9-17(10-12-18)21-15(3)24;/h5-13H,4H2,1-3H3,(H,21,24);1H. The van der Waals surface area contributed by atoms with Gasteiger partial charge in [0.15, 0.2) is 4.80 Å². The van der Waals surface area contributed by atoms with Crippen LogP contribution in [0.5, 0.6) is 0 Å². The molecule has 1 heterocycles. The summed E-state index contributed by atoms with van der Waals surface area (Å²) in [5, 5.41) is 4.92. The summed E-state index contributed by atoms with van der Waals surface area (Å²) < 4.78 is 2.22. The molecule has 26 heavy (non-hydrogen) atoms. The predicted molar refractivity (Wildman–Crippen MR) is 114 cm³/mol. The molecule has 0 aliphatic carbocycles. The van der Waals surface area contributed by atoms with Gasteiger partial charge in [0.2, 0.25) is 5.91 Å². The Morgan fingerprint density at radius 2 is 1.77 bits per heavy atom. The highest BCUT2D eigenvalue weighted by Crippen LogP contribution is 2.22. The van der Waals surface area contributed by atoms with Crippen molar-refractivity contribution in [1.82, 2.24) is 4.57 Å². The van der Waals surface area contributed by atoms with Crippen molar-refractivity contribution in [3.63, 3.8) is 0 Å². The maximum Gasteiger partial charge on any atom is 0.221 e. The molecule has 0 spiro atoms. The van der Waals surface area contributed by atoms with E-state index in [9.17, 15) is 4.79 Å². The number of carbonyl (C=O) groups excluding carboxylic acids is 1. The van der Waals surface area contributed by atoms with Gasteiger partial charge in [-0.3, -0.25) is 4.79 Å². The van der Waals surface area contributed by atoms with Gasteiger partial charge in [0.25, 0.3) is 0 Å². The van der Waals surface area contributed by atoms with Gasteiger partial charge < -0.3 is 9.88 Å². The van der Waals surface area contributed by atoms with Crippen molar-refractivity contribution < 1.29 is 4.79 Å². The van der Waals surface area contributed by atoms with Crippen LogP contribution in [0.2, 0.25) is 0 Å². The molecule has 1 N–H and O–H groups in total. The quantitative estimate of drug-likeness (QED) is 0.597. The zero-order valence-electron chi connectivity index (χ0n) is 15.0. The summed E-state index contributed by atoms with van der Waals surface area (Å²) in [6.45, 7) is 6.58. The number of nitrogens with one attached hydrogen (secondary N) is 1. The molecule has 0 fully saturated rings. The lowest BCUT2D eigenvalue weighted by Gasteiger charge is -2.06. The molecule has 0 unspecified atom stereocenters. The summed E-state index contributed by atoms with van der Waals surface area (Å²) >= 11 is 1.64. The van der Waals surface area contributed by atoms with E-state index in [1.807, 2.05) is 24.3 Å². The van der Waals surface area contributed by atoms with Gasteiger partial charge >= 0.3 is 0 Å². The second-order valence-corrected chi connectivity index (χ2v) is 6.69. The molecule has 0 radical (unpaired) electrons. The minimum atomic E-state index is -0.0745. The van der Waals surface area contributed by atoms with E-state index in [1.54, 1.807) is 11.3 Å². The third-order valence-corrected chi connectivity index (χ3v) is 4.74. The van der Waals surface area contributed by atoms with Gasteiger partial charge in [0.1, 0.15) is 0 Å². The first-order chi connectivity index (χ1) is 12.1. The average Bonchev–Trinajstić information content (AvgIpc) is 2.99. The predicted octanol–water partition coefficient (Wildman–Crippen LogP) is 5.31. The van der Waals surface area contributed by atoms with Gasteiger partial charge in [-0.05, 0) is 43.7 Å². The zero-order chi connectivity index (χ0) is 17.8. The highest BCUT2D eigenvalue weighted by Gasteiger charge is 2.06. The number of carbonyl (C=O) groups is 1. The number of amides is 1. The lowest BCUT2D eigenvalue weighted by molar-refractivity contribution is -0.114. The topological polar surface area (TPSA) is 46.4 Å². The largest absolute Gasteiger partial charge is 0.326 e.